The summed E-state index contributed by atoms with van der Waals surface area (Å²) in [6, 6.07) is 0. The molecule has 0 amide bonds. The summed E-state index contributed by atoms with van der Waals surface area (Å²) in [4.78, 5) is 0. The molecule has 0 aliphatic carbocycles. The molecule has 0 aromatic heterocycles. The second-order valence-corrected chi connectivity index (χ2v) is 1.43. The Hall–Kier alpha value is -0.610. The summed E-state index contributed by atoms with van der Waals surface area (Å²) < 4.78 is 4.75. The third kappa shape index (κ3) is 5.26. The Balaban J connectivity index is 3.04. The lowest BCUT2D eigenvalue weighted by molar-refractivity contribution is -0.0911. The molecular weight excluding hydrogens is 120 g/mol. The van der Waals surface area contributed by atoms with E-state index in [0.717, 1.165) is 0 Å². The van der Waals surface area contributed by atoms with Crippen LogP contribution in [-0.4, -0.2) is 31.3 Å². The lowest BCUT2D eigenvalue weighted by atomic mass is 10.6. The SMILES string of the molecule is C=NNCC(O)OCC. The number of nitrogens with zero attached hydrogens (tertiary/aromatic N) is 1. The monoisotopic (exact) mass is 132 g/mol. The predicted molar refractivity (Wildman–Crippen MR) is 35.2 cm³/mol. The maximum Gasteiger partial charge on any atom is 0.173 e. The molecule has 0 aliphatic heterocycles. The average molecular weight is 132 g/mol. The van der Waals surface area contributed by atoms with Crippen LogP contribution in [0.4, 0.5) is 0 Å². The zero-order valence-electron chi connectivity index (χ0n) is 5.50. The molecule has 0 aromatic rings. The molecule has 0 saturated heterocycles. The summed E-state index contributed by atoms with van der Waals surface area (Å²) in [5.74, 6) is 0. The lowest BCUT2D eigenvalue weighted by Gasteiger charge is -2.08. The van der Waals surface area contributed by atoms with Crippen LogP contribution >= 0.6 is 0 Å². The van der Waals surface area contributed by atoms with Crippen molar-refractivity contribution in [3.05, 3.63) is 0 Å². The second kappa shape index (κ2) is 5.53. The molecule has 0 aliphatic rings. The van der Waals surface area contributed by atoms with Gasteiger partial charge in [0.1, 0.15) is 0 Å². The van der Waals surface area contributed by atoms with Crippen molar-refractivity contribution < 1.29 is 9.84 Å². The summed E-state index contributed by atoms with van der Waals surface area (Å²) in [6.45, 7) is 5.76. The van der Waals surface area contributed by atoms with Gasteiger partial charge in [-0.05, 0) is 6.92 Å². The third-order valence-electron chi connectivity index (χ3n) is 0.737. The van der Waals surface area contributed by atoms with Gasteiger partial charge in [0.2, 0.25) is 0 Å². The average Bonchev–Trinajstić information content (AvgIpc) is 1.85. The number of hydrogen-bond acceptors (Lipinski definition) is 4. The number of hydrogen-bond donors (Lipinski definition) is 2. The minimum Gasteiger partial charge on any atom is -0.366 e. The lowest BCUT2D eigenvalue weighted by Crippen LogP contribution is -2.25. The van der Waals surface area contributed by atoms with Gasteiger partial charge in [0, 0.05) is 13.3 Å². The second-order valence-electron chi connectivity index (χ2n) is 1.43. The largest absolute Gasteiger partial charge is 0.366 e. The number of ether oxygens (including phenoxy) is 1. The smallest absolute Gasteiger partial charge is 0.173 e. The molecule has 0 fully saturated rings. The molecule has 9 heavy (non-hydrogen) atoms. The minimum atomic E-state index is -0.777. The van der Waals surface area contributed by atoms with E-state index in [1.54, 1.807) is 0 Å². The Bertz CT molecular complexity index is 77.4. The van der Waals surface area contributed by atoms with E-state index in [1.165, 1.54) is 0 Å². The van der Waals surface area contributed by atoms with E-state index in [4.69, 9.17) is 9.84 Å². The normalized spacial score (nSPS) is 12.7. The molecule has 54 valence electrons. The van der Waals surface area contributed by atoms with E-state index < -0.39 is 6.29 Å². The molecule has 2 N–H and O–H groups in total. The molecular formula is C5H12N2O2. The highest BCUT2D eigenvalue weighted by Crippen LogP contribution is 1.81. The fourth-order valence-electron chi connectivity index (χ4n) is 0.394. The van der Waals surface area contributed by atoms with Gasteiger partial charge >= 0.3 is 0 Å². The van der Waals surface area contributed by atoms with Gasteiger partial charge in [-0.25, -0.2) is 0 Å². The standard InChI is InChI=1S/C5H12N2O2/c1-3-9-5(8)4-7-6-2/h5,7-8H,2-4H2,1H3. The minimum absolute atomic E-state index is 0.289. The van der Waals surface area contributed by atoms with E-state index in [0.29, 0.717) is 6.61 Å². The van der Waals surface area contributed by atoms with E-state index in [1.807, 2.05) is 6.92 Å². The molecule has 0 aromatic carbocycles. The molecule has 4 heteroatoms. The first kappa shape index (κ1) is 8.39. The number of aliphatic hydroxyl groups excluding tert-OH is 1. The van der Waals surface area contributed by atoms with Crippen LogP contribution in [-0.2, 0) is 4.74 Å². The van der Waals surface area contributed by atoms with Crippen molar-refractivity contribution in [3.63, 3.8) is 0 Å². The van der Waals surface area contributed by atoms with E-state index in [2.05, 4.69) is 17.2 Å². The summed E-state index contributed by atoms with van der Waals surface area (Å²) in [5, 5.41) is 12.1. The predicted octanol–water partition coefficient (Wildman–Crippen LogP) is -0.454. The van der Waals surface area contributed by atoms with Crippen molar-refractivity contribution in [1.29, 1.82) is 0 Å². The Morgan fingerprint density at radius 2 is 2.56 bits per heavy atom. The van der Waals surface area contributed by atoms with Gasteiger partial charge < -0.3 is 15.3 Å². The number of nitrogens with one attached hydrogen (secondary N) is 1. The maximum absolute atomic E-state index is 8.81. The Morgan fingerprint density at radius 1 is 1.89 bits per heavy atom. The summed E-state index contributed by atoms with van der Waals surface area (Å²) in [6.07, 6.45) is -0.777. The van der Waals surface area contributed by atoms with Crippen molar-refractivity contribution >= 4 is 6.72 Å². The topological polar surface area (TPSA) is 53.9 Å². The number of hydrazone groups is 1. The molecule has 0 heterocycles. The highest BCUT2D eigenvalue weighted by molar-refractivity contribution is 5.22. The van der Waals surface area contributed by atoms with Gasteiger partial charge in [-0.3, -0.25) is 0 Å². The maximum atomic E-state index is 8.81. The van der Waals surface area contributed by atoms with Crippen molar-refractivity contribution in [3.8, 4) is 0 Å². The molecule has 1 atom stereocenters. The fourth-order valence-corrected chi connectivity index (χ4v) is 0.394. The van der Waals surface area contributed by atoms with Crippen molar-refractivity contribution in [2.24, 2.45) is 5.10 Å². The van der Waals surface area contributed by atoms with Gasteiger partial charge in [0.15, 0.2) is 6.29 Å². The quantitative estimate of drug-likeness (QED) is 0.302. The first-order valence-electron chi connectivity index (χ1n) is 2.79. The fraction of sp³-hybridized carbons (Fsp3) is 0.800. The third-order valence-corrected chi connectivity index (χ3v) is 0.737. The van der Waals surface area contributed by atoms with Crippen LogP contribution in [0.25, 0.3) is 0 Å². The van der Waals surface area contributed by atoms with Crippen LogP contribution in [0.5, 0.6) is 0 Å². The molecule has 1 unspecified atom stereocenters. The van der Waals surface area contributed by atoms with Gasteiger partial charge in [0.05, 0.1) is 6.54 Å². The van der Waals surface area contributed by atoms with Gasteiger partial charge in [-0.1, -0.05) is 0 Å². The highest BCUT2D eigenvalue weighted by atomic mass is 16.6. The van der Waals surface area contributed by atoms with Crippen molar-refractivity contribution in [2.45, 2.75) is 13.2 Å². The zero-order valence-corrected chi connectivity index (χ0v) is 5.50. The highest BCUT2D eigenvalue weighted by Gasteiger charge is 1.98. The van der Waals surface area contributed by atoms with Gasteiger partial charge in [0.25, 0.3) is 0 Å². The summed E-state index contributed by atoms with van der Waals surface area (Å²) in [5.41, 5.74) is 2.47. The van der Waals surface area contributed by atoms with E-state index in [9.17, 15) is 0 Å². The Morgan fingerprint density at radius 3 is 3.00 bits per heavy atom. The molecule has 0 saturated carbocycles. The Kier molecular flexibility index (Phi) is 5.15. The molecule has 4 nitrogen and oxygen atoms in total. The van der Waals surface area contributed by atoms with Crippen LogP contribution in [0.15, 0.2) is 5.10 Å². The van der Waals surface area contributed by atoms with Crippen LogP contribution < -0.4 is 5.43 Å². The van der Waals surface area contributed by atoms with Crippen molar-refractivity contribution in [1.82, 2.24) is 5.43 Å². The molecule has 0 radical (unpaired) electrons. The molecule has 0 bridgehead atoms. The van der Waals surface area contributed by atoms with Gasteiger partial charge in [-0.2, -0.15) is 5.10 Å². The first-order chi connectivity index (χ1) is 4.31. The summed E-state index contributed by atoms with van der Waals surface area (Å²) in [7, 11) is 0. The molecule has 0 rings (SSSR count). The van der Waals surface area contributed by atoms with E-state index in [-0.39, 0.29) is 6.54 Å². The van der Waals surface area contributed by atoms with Gasteiger partial charge in [-0.15, -0.1) is 0 Å². The Labute approximate surface area is 54.5 Å². The molecule has 0 spiro atoms. The van der Waals surface area contributed by atoms with Crippen LogP contribution in [0.1, 0.15) is 6.92 Å². The summed E-state index contributed by atoms with van der Waals surface area (Å²) >= 11 is 0. The van der Waals surface area contributed by atoms with Crippen LogP contribution in [0.3, 0.4) is 0 Å². The van der Waals surface area contributed by atoms with E-state index >= 15 is 0 Å². The van der Waals surface area contributed by atoms with Crippen LogP contribution in [0.2, 0.25) is 0 Å². The van der Waals surface area contributed by atoms with Crippen LogP contribution in [0, 0.1) is 0 Å². The van der Waals surface area contributed by atoms with Crippen molar-refractivity contribution in [2.75, 3.05) is 13.2 Å². The number of aliphatic hydroxyl groups is 1. The zero-order chi connectivity index (χ0) is 7.11. The number of rotatable bonds is 5. The first-order valence-corrected chi connectivity index (χ1v) is 2.79.